The molecule has 1 saturated heterocycles. The molecule has 0 bridgehead atoms. The molecule has 0 radical (unpaired) electrons. The number of benzene rings is 1. The molecule has 2 N–H and O–H groups in total. The zero-order valence-electron chi connectivity index (χ0n) is 12.9. The van der Waals surface area contributed by atoms with Crippen molar-refractivity contribution in [2.24, 2.45) is 17.6 Å². The third-order valence-electron chi connectivity index (χ3n) is 5.11. The van der Waals surface area contributed by atoms with E-state index in [1.54, 1.807) is 7.11 Å². The van der Waals surface area contributed by atoms with E-state index >= 15 is 0 Å². The lowest BCUT2D eigenvalue weighted by Crippen LogP contribution is -2.33. The van der Waals surface area contributed by atoms with Gasteiger partial charge in [-0.2, -0.15) is 0 Å². The minimum Gasteiger partial charge on any atom is -0.496 e. The number of methoxy groups -OCH3 is 1. The molecule has 22 heavy (non-hydrogen) atoms. The lowest BCUT2D eigenvalue weighted by molar-refractivity contribution is -0.130. The van der Waals surface area contributed by atoms with Crippen LogP contribution in [0, 0.1) is 11.8 Å². The second-order valence-corrected chi connectivity index (χ2v) is 7.29. The van der Waals surface area contributed by atoms with E-state index in [2.05, 4.69) is 15.9 Å². The number of carbonyl (C=O) groups excluding carboxylic acids is 1. The highest BCUT2D eigenvalue weighted by molar-refractivity contribution is 9.10. The van der Waals surface area contributed by atoms with Gasteiger partial charge in [0.05, 0.1) is 11.6 Å². The van der Waals surface area contributed by atoms with Crippen molar-refractivity contribution in [3.05, 3.63) is 28.2 Å². The summed E-state index contributed by atoms with van der Waals surface area (Å²) in [6.45, 7) is 1.76. The highest BCUT2D eigenvalue weighted by Crippen LogP contribution is 2.37. The quantitative estimate of drug-likeness (QED) is 0.890. The summed E-state index contributed by atoms with van der Waals surface area (Å²) >= 11 is 3.49. The molecule has 0 spiro atoms. The van der Waals surface area contributed by atoms with Crippen molar-refractivity contribution in [3.8, 4) is 5.75 Å². The predicted octanol–water partition coefficient (Wildman–Crippen LogP) is 2.59. The molecule has 3 unspecified atom stereocenters. The molecule has 0 aromatic heterocycles. The molecule has 120 valence electrons. The third-order valence-corrected chi connectivity index (χ3v) is 5.73. The van der Waals surface area contributed by atoms with E-state index in [-0.39, 0.29) is 5.91 Å². The van der Waals surface area contributed by atoms with Gasteiger partial charge >= 0.3 is 0 Å². The number of carbonyl (C=O) groups is 1. The van der Waals surface area contributed by atoms with Crippen LogP contribution in [0.4, 0.5) is 0 Å². The molecule has 1 aromatic carbocycles. The Labute approximate surface area is 140 Å². The van der Waals surface area contributed by atoms with Crippen molar-refractivity contribution < 1.29 is 9.53 Å². The first-order valence-corrected chi connectivity index (χ1v) is 8.73. The molecule has 1 amide bonds. The van der Waals surface area contributed by atoms with Crippen LogP contribution >= 0.6 is 15.9 Å². The summed E-state index contributed by atoms with van der Waals surface area (Å²) in [6.07, 6.45) is 3.63. The second-order valence-electron chi connectivity index (χ2n) is 6.43. The molecular formula is C17H23BrN2O2. The van der Waals surface area contributed by atoms with Crippen LogP contribution in [0.15, 0.2) is 22.7 Å². The van der Waals surface area contributed by atoms with Crippen LogP contribution in [0.3, 0.4) is 0 Å². The van der Waals surface area contributed by atoms with Gasteiger partial charge in [-0.05, 0) is 64.7 Å². The first kappa shape index (κ1) is 15.8. The average molecular weight is 367 g/mol. The van der Waals surface area contributed by atoms with Crippen molar-refractivity contribution in [2.75, 3.05) is 20.2 Å². The van der Waals surface area contributed by atoms with Crippen LogP contribution in [0.5, 0.6) is 5.75 Å². The molecule has 1 aliphatic heterocycles. The SMILES string of the molecule is COc1ccc(CCC(=O)N2CC3CCC(N)C3C2)cc1Br. The molecule has 3 rings (SSSR count). The van der Waals surface area contributed by atoms with Gasteiger partial charge < -0.3 is 15.4 Å². The van der Waals surface area contributed by atoms with E-state index < -0.39 is 0 Å². The standard InChI is InChI=1S/C17H23BrN2O2/c1-22-16-6-2-11(8-14(16)18)3-7-17(21)20-9-12-4-5-15(19)13(12)10-20/h2,6,8,12-13,15H,3-5,7,9-10,19H2,1H3. The van der Waals surface area contributed by atoms with Crippen LogP contribution in [-0.2, 0) is 11.2 Å². The zero-order valence-corrected chi connectivity index (χ0v) is 14.5. The van der Waals surface area contributed by atoms with Crippen molar-refractivity contribution in [2.45, 2.75) is 31.7 Å². The highest BCUT2D eigenvalue weighted by atomic mass is 79.9. The molecule has 5 heteroatoms. The molecule has 1 heterocycles. The largest absolute Gasteiger partial charge is 0.496 e. The van der Waals surface area contributed by atoms with E-state index in [9.17, 15) is 4.79 Å². The van der Waals surface area contributed by atoms with Gasteiger partial charge in [-0.3, -0.25) is 4.79 Å². The number of hydrogen-bond donors (Lipinski definition) is 1. The maximum absolute atomic E-state index is 12.4. The van der Waals surface area contributed by atoms with Gasteiger partial charge in [-0.1, -0.05) is 6.07 Å². The summed E-state index contributed by atoms with van der Waals surface area (Å²) in [5, 5.41) is 0. The normalized spacial score (nSPS) is 27.0. The smallest absolute Gasteiger partial charge is 0.222 e. The van der Waals surface area contributed by atoms with Gasteiger partial charge in [0.2, 0.25) is 5.91 Å². The number of ether oxygens (including phenoxy) is 1. The van der Waals surface area contributed by atoms with Crippen LogP contribution in [0.1, 0.15) is 24.8 Å². The number of amides is 1. The molecule has 1 aliphatic carbocycles. The molecule has 2 aliphatic rings. The maximum Gasteiger partial charge on any atom is 0.222 e. The third kappa shape index (κ3) is 3.15. The van der Waals surface area contributed by atoms with Crippen molar-refractivity contribution >= 4 is 21.8 Å². The molecule has 1 saturated carbocycles. The maximum atomic E-state index is 12.4. The summed E-state index contributed by atoms with van der Waals surface area (Å²) in [7, 11) is 1.65. The Hall–Kier alpha value is -1.07. The second kappa shape index (κ2) is 6.59. The first-order valence-electron chi connectivity index (χ1n) is 7.94. The predicted molar refractivity (Wildman–Crippen MR) is 89.8 cm³/mol. The average Bonchev–Trinajstić information content (AvgIpc) is 3.07. The minimum atomic E-state index is 0.258. The van der Waals surface area contributed by atoms with Gasteiger partial charge in [0.15, 0.2) is 0 Å². The van der Waals surface area contributed by atoms with E-state index in [1.165, 1.54) is 6.42 Å². The molecule has 4 nitrogen and oxygen atoms in total. The molecule has 1 aromatic rings. The lowest BCUT2D eigenvalue weighted by atomic mass is 9.98. The van der Waals surface area contributed by atoms with Crippen molar-refractivity contribution in [1.29, 1.82) is 0 Å². The Balaban J connectivity index is 1.54. The Morgan fingerprint density at radius 3 is 2.91 bits per heavy atom. The number of likely N-dealkylation sites (tertiary alicyclic amines) is 1. The number of fused-ring (bicyclic) bond motifs is 1. The Kier molecular flexibility index (Phi) is 4.73. The Bertz CT molecular complexity index is 564. The monoisotopic (exact) mass is 366 g/mol. The zero-order chi connectivity index (χ0) is 15.7. The molecule has 3 atom stereocenters. The number of rotatable bonds is 4. The molecule has 2 fully saturated rings. The van der Waals surface area contributed by atoms with Gasteiger partial charge in [0, 0.05) is 25.6 Å². The summed E-state index contributed by atoms with van der Waals surface area (Å²) in [5.74, 6) is 2.23. The van der Waals surface area contributed by atoms with Gasteiger partial charge in [-0.25, -0.2) is 0 Å². The number of hydrogen-bond acceptors (Lipinski definition) is 3. The number of nitrogens with zero attached hydrogens (tertiary/aromatic N) is 1. The van der Waals surface area contributed by atoms with E-state index in [0.29, 0.717) is 24.3 Å². The van der Waals surface area contributed by atoms with Crippen LogP contribution < -0.4 is 10.5 Å². The Morgan fingerprint density at radius 1 is 1.41 bits per heavy atom. The van der Waals surface area contributed by atoms with E-state index in [0.717, 1.165) is 41.7 Å². The first-order chi connectivity index (χ1) is 10.6. The summed E-state index contributed by atoms with van der Waals surface area (Å²) in [6, 6.07) is 6.27. The summed E-state index contributed by atoms with van der Waals surface area (Å²) < 4.78 is 6.16. The number of aryl methyl sites for hydroxylation is 1. The van der Waals surface area contributed by atoms with E-state index in [1.807, 2.05) is 23.1 Å². The van der Waals surface area contributed by atoms with Gasteiger partial charge in [0.1, 0.15) is 5.75 Å². The summed E-state index contributed by atoms with van der Waals surface area (Å²) in [4.78, 5) is 14.4. The number of nitrogens with two attached hydrogens (primary N) is 1. The highest BCUT2D eigenvalue weighted by Gasteiger charge is 2.42. The summed E-state index contributed by atoms with van der Waals surface area (Å²) in [5.41, 5.74) is 7.29. The fraction of sp³-hybridized carbons (Fsp3) is 0.588. The van der Waals surface area contributed by atoms with Gasteiger partial charge in [0.25, 0.3) is 0 Å². The lowest BCUT2D eigenvalue weighted by Gasteiger charge is -2.19. The van der Waals surface area contributed by atoms with Gasteiger partial charge in [-0.15, -0.1) is 0 Å². The Morgan fingerprint density at radius 2 is 2.23 bits per heavy atom. The fourth-order valence-corrected chi connectivity index (χ4v) is 4.37. The van der Waals surface area contributed by atoms with E-state index in [4.69, 9.17) is 10.5 Å². The van der Waals surface area contributed by atoms with Crippen LogP contribution in [0.2, 0.25) is 0 Å². The van der Waals surface area contributed by atoms with Crippen molar-refractivity contribution in [1.82, 2.24) is 4.90 Å². The number of halogens is 1. The minimum absolute atomic E-state index is 0.258. The van der Waals surface area contributed by atoms with Crippen molar-refractivity contribution in [3.63, 3.8) is 0 Å². The molecular weight excluding hydrogens is 344 g/mol. The van der Waals surface area contributed by atoms with Crippen LogP contribution in [-0.4, -0.2) is 37.0 Å². The van der Waals surface area contributed by atoms with Crippen LogP contribution in [0.25, 0.3) is 0 Å². The topological polar surface area (TPSA) is 55.6 Å². The fourth-order valence-electron chi connectivity index (χ4n) is 3.79.